The van der Waals surface area contributed by atoms with Gasteiger partial charge in [0.25, 0.3) is 0 Å². The molecular weight excluding hydrogens is 250 g/mol. The topological polar surface area (TPSA) is 127 Å². The Balaban J connectivity index is 2.82. The summed E-state index contributed by atoms with van der Waals surface area (Å²) in [6.07, 6.45) is -0.240. The number of benzene rings is 1. The van der Waals surface area contributed by atoms with Crippen LogP contribution in [0, 0.1) is 0 Å². The Morgan fingerprint density at radius 3 is 2.21 bits per heavy atom. The summed E-state index contributed by atoms with van der Waals surface area (Å²) < 4.78 is 0. The minimum absolute atomic E-state index is 0.117. The second-order valence-corrected chi connectivity index (χ2v) is 4.03. The minimum atomic E-state index is -1.05. The fourth-order valence-electron chi connectivity index (χ4n) is 1.51. The highest BCUT2D eigenvalue weighted by atomic mass is 16.4. The van der Waals surface area contributed by atoms with E-state index in [1.54, 1.807) is 0 Å². The Kier molecular flexibility index (Phi) is 4.60. The van der Waals surface area contributed by atoms with Crippen molar-refractivity contribution in [3.8, 4) is 0 Å². The van der Waals surface area contributed by atoms with Gasteiger partial charge in [0.05, 0.1) is 18.0 Å². The SMILES string of the molecule is CN(C(=O)C(N)CC(N)=O)c1ccc(C(=O)O)cc1. The molecule has 7 nitrogen and oxygen atoms in total. The number of likely N-dealkylation sites (N-methyl/N-ethyl adjacent to an activating group) is 1. The molecular formula is C12H15N3O4. The van der Waals surface area contributed by atoms with E-state index in [4.69, 9.17) is 16.6 Å². The summed E-state index contributed by atoms with van der Waals surface area (Å²) >= 11 is 0. The van der Waals surface area contributed by atoms with Gasteiger partial charge in [0.15, 0.2) is 0 Å². The molecule has 0 bridgehead atoms. The van der Waals surface area contributed by atoms with Gasteiger partial charge in [0.2, 0.25) is 11.8 Å². The summed E-state index contributed by atoms with van der Waals surface area (Å²) in [5, 5.41) is 8.76. The molecule has 1 rings (SSSR count). The lowest BCUT2D eigenvalue weighted by Crippen LogP contribution is -2.44. The molecule has 0 aliphatic carbocycles. The van der Waals surface area contributed by atoms with Crippen molar-refractivity contribution in [3.05, 3.63) is 29.8 Å². The summed E-state index contributed by atoms with van der Waals surface area (Å²) in [6, 6.07) is 4.71. The van der Waals surface area contributed by atoms with E-state index >= 15 is 0 Å². The lowest BCUT2D eigenvalue weighted by atomic mass is 10.1. The molecule has 0 aliphatic heterocycles. The number of anilines is 1. The van der Waals surface area contributed by atoms with E-state index < -0.39 is 23.8 Å². The molecule has 0 spiro atoms. The van der Waals surface area contributed by atoms with Crippen molar-refractivity contribution >= 4 is 23.5 Å². The van der Waals surface area contributed by atoms with Crippen molar-refractivity contribution in [2.75, 3.05) is 11.9 Å². The van der Waals surface area contributed by atoms with E-state index in [0.29, 0.717) is 5.69 Å². The zero-order chi connectivity index (χ0) is 14.6. The molecule has 1 aromatic carbocycles. The summed E-state index contributed by atoms with van der Waals surface area (Å²) in [7, 11) is 1.49. The zero-order valence-corrected chi connectivity index (χ0v) is 10.4. The van der Waals surface area contributed by atoms with E-state index in [2.05, 4.69) is 0 Å². The van der Waals surface area contributed by atoms with Gasteiger partial charge in [-0.3, -0.25) is 9.59 Å². The second kappa shape index (κ2) is 5.96. The van der Waals surface area contributed by atoms with Crippen LogP contribution in [0.4, 0.5) is 5.69 Å². The Hall–Kier alpha value is -2.41. The van der Waals surface area contributed by atoms with Crippen molar-refractivity contribution in [1.82, 2.24) is 0 Å². The number of aromatic carboxylic acids is 1. The van der Waals surface area contributed by atoms with E-state index in [1.807, 2.05) is 0 Å². The smallest absolute Gasteiger partial charge is 0.335 e. The number of carbonyl (C=O) groups is 3. The monoisotopic (exact) mass is 265 g/mol. The molecule has 1 atom stereocenters. The largest absolute Gasteiger partial charge is 0.478 e. The highest BCUT2D eigenvalue weighted by Gasteiger charge is 2.21. The highest BCUT2D eigenvalue weighted by molar-refractivity contribution is 5.99. The Labute approximate surface area is 109 Å². The number of hydrogen-bond acceptors (Lipinski definition) is 4. The van der Waals surface area contributed by atoms with E-state index in [-0.39, 0.29) is 12.0 Å². The summed E-state index contributed by atoms with van der Waals surface area (Å²) in [5.74, 6) is -2.18. The molecule has 0 heterocycles. The van der Waals surface area contributed by atoms with Crippen molar-refractivity contribution in [1.29, 1.82) is 0 Å². The third kappa shape index (κ3) is 3.78. The normalized spacial score (nSPS) is 11.7. The van der Waals surface area contributed by atoms with Crippen molar-refractivity contribution in [2.24, 2.45) is 11.5 Å². The minimum Gasteiger partial charge on any atom is -0.478 e. The highest BCUT2D eigenvalue weighted by Crippen LogP contribution is 2.15. The van der Waals surface area contributed by atoms with Crippen LogP contribution in [0.5, 0.6) is 0 Å². The maximum absolute atomic E-state index is 11.9. The first kappa shape index (κ1) is 14.7. The number of primary amides is 1. The van der Waals surface area contributed by atoms with Gasteiger partial charge in [-0.1, -0.05) is 0 Å². The standard InChI is InChI=1S/C12H15N3O4/c1-15(11(17)9(13)6-10(14)16)8-4-2-7(3-5-8)12(18)19/h2-5,9H,6,13H2,1H3,(H2,14,16)(H,18,19). The number of carbonyl (C=O) groups excluding carboxylic acids is 2. The van der Waals surface area contributed by atoms with E-state index in [0.717, 1.165) is 0 Å². The molecule has 0 aromatic heterocycles. The molecule has 7 heteroatoms. The Bertz CT molecular complexity index is 498. The van der Waals surface area contributed by atoms with Crippen LogP contribution in [0.25, 0.3) is 0 Å². The van der Waals surface area contributed by atoms with Gasteiger partial charge in [-0.05, 0) is 24.3 Å². The number of nitrogens with two attached hydrogens (primary N) is 2. The predicted octanol–water partition coefficient (Wildman–Crippen LogP) is -0.450. The molecule has 0 fully saturated rings. The van der Waals surface area contributed by atoms with Crippen molar-refractivity contribution in [2.45, 2.75) is 12.5 Å². The number of carboxylic acids is 1. The maximum Gasteiger partial charge on any atom is 0.335 e. The van der Waals surface area contributed by atoms with Gasteiger partial charge in [-0.25, -0.2) is 4.79 Å². The Morgan fingerprint density at radius 2 is 1.79 bits per heavy atom. The van der Waals surface area contributed by atoms with Crippen LogP contribution in [-0.2, 0) is 9.59 Å². The molecule has 0 saturated heterocycles. The number of carboxylic acid groups (broad SMARTS) is 1. The van der Waals surface area contributed by atoms with Crippen LogP contribution in [0.2, 0.25) is 0 Å². The van der Waals surface area contributed by atoms with Crippen LogP contribution < -0.4 is 16.4 Å². The molecule has 5 N–H and O–H groups in total. The summed E-state index contributed by atoms with van der Waals surface area (Å²) in [4.78, 5) is 34.5. The van der Waals surface area contributed by atoms with Crippen LogP contribution in [0.3, 0.4) is 0 Å². The summed E-state index contributed by atoms with van der Waals surface area (Å²) in [6.45, 7) is 0. The predicted molar refractivity (Wildman–Crippen MR) is 68.6 cm³/mol. The van der Waals surface area contributed by atoms with E-state index in [9.17, 15) is 14.4 Å². The lowest BCUT2D eigenvalue weighted by molar-refractivity contribution is -0.124. The first-order valence-corrected chi connectivity index (χ1v) is 5.47. The van der Waals surface area contributed by atoms with Crippen LogP contribution in [-0.4, -0.2) is 36.0 Å². The van der Waals surface area contributed by atoms with Crippen molar-refractivity contribution < 1.29 is 19.5 Å². The summed E-state index contributed by atoms with van der Waals surface area (Å²) in [5.41, 5.74) is 11.1. The van der Waals surface area contributed by atoms with Gasteiger partial charge >= 0.3 is 5.97 Å². The number of rotatable bonds is 5. The Morgan fingerprint density at radius 1 is 1.26 bits per heavy atom. The van der Waals surface area contributed by atoms with Crippen LogP contribution in [0.15, 0.2) is 24.3 Å². The maximum atomic E-state index is 11.9. The quantitative estimate of drug-likeness (QED) is 0.664. The van der Waals surface area contributed by atoms with Gasteiger partial charge in [-0.2, -0.15) is 0 Å². The average Bonchev–Trinajstić information content (AvgIpc) is 2.36. The number of amides is 2. The van der Waals surface area contributed by atoms with Crippen LogP contribution in [0.1, 0.15) is 16.8 Å². The molecule has 1 unspecified atom stereocenters. The first-order valence-electron chi connectivity index (χ1n) is 5.47. The molecule has 1 aromatic rings. The number of nitrogens with zero attached hydrogens (tertiary/aromatic N) is 1. The molecule has 2 amide bonds. The molecule has 0 saturated carbocycles. The molecule has 19 heavy (non-hydrogen) atoms. The lowest BCUT2D eigenvalue weighted by Gasteiger charge is -2.20. The third-order valence-corrected chi connectivity index (χ3v) is 2.57. The van der Waals surface area contributed by atoms with Crippen molar-refractivity contribution in [3.63, 3.8) is 0 Å². The first-order chi connectivity index (χ1) is 8.82. The van der Waals surface area contributed by atoms with Gasteiger partial charge < -0.3 is 21.5 Å². The zero-order valence-electron chi connectivity index (χ0n) is 10.4. The molecule has 102 valence electrons. The third-order valence-electron chi connectivity index (χ3n) is 2.57. The van der Waals surface area contributed by atoms with E-state index in [1.165, 1.54) is 36.2 Å². The molecule has 0 radical (unpaired) electrons. The average molecular weight is 265 g/mol. The fourth-order valence-corrected chi connectivity index (χ4v) is 1.51. The second-order valence-electron chi connectivity index (χ2n) is 4.03. The van der Waals surface area contributed by atoms with Gasteiger partial charge in [-0.15, -0.1) is 0 Å². The number of hydrogen-bond donors (Lipinski definition) is 3. The van der Waals surface area contributed by atoms with Gasteiger partial charge in [0.1, 0.15) is 0 Å². The van der Waals surface area contributed by atoms with Crippen LogP contribution >= 0.6 is 0 Å². The molecule has 0 aliphatic rings. The fraction of sp³-hybridized carbons (Fsp3) is 0.250. The van der Waals surface area contributed by atoms with Gasteiger partial charge in [0, 0.05) is 12.7 Å².